The molecule has 0 bridgehead atoms. The van der Waals surface area contributed by atoms with Crippen molar-refractivity contribution >= 4 is 23.2 Å². The maximum atomic E-state index is 10.8. The summed E-state index contributed by atoms with van der Waals surface area (Å²) >= 11 is 5.94. The number of pyridine rings is 1. The van der Waals surface area contributed by atoms with Crippen LogP contribution in [0.3, 0.4) is 0 Å². The molecule has 0 fully saturated rings. The van der Waals surface area contributed by atoms with Gasteiger partial charge < -0.3 is 14.3 Å². The molecule has 0 saturated heterocycles. The van der Waals surface area contributed by atoms with Crippen molar-refractivity contribution in [1.82, 2.24) is 9.38 Å². The van der Waals surface area contributed by atoms with Crippen molar-refractivity contribution < 1.29 is 39.5 Å². The van der Waals surface area contributed by atoms with Gasteiger partial charge in [-0.05, 0) is 24.3 Å². The number of carbonyl (C=O) groups excluding carboxylic acids is 1. The van der Waals surface area contributed by atoms with Gasteiger partial charge in [0.25, 0.3) is 0 Å². The molecule has 0 saturated carbocycles. The van der Waals surface area contributed by atoms with E-state index in [-0.39, 0.29) is 35.1 Å². The third-order valence-electron chi connectivity index (χ3n) is 2.82. The number of aromatic nitrogens is 2. The van der Waals surface area contributed by atoms with Gasteiger partial charge in [-0.25, -0.2) is 4.98 Å². The molecule has 1 aromatic carbocycles. The number of aromatic carboxylic acids is 1. The van der Waals surface area contributed by atoms with Gasteiger partial charge in [0, 0.05) is 28.5 Å². The summed E-state index contributed by atoms with van der Waals surface area (Å²) in [5.74, 6) is -1.21. The molecule has 6 heteroatoms. The predicted molar refractivity (Wildman–Crippen MR) is 70.0 cm³/mol. The molecule has 0 atom stereocenters. The van der Waals surface area contributed by atoms with Gasteiger partial charge in [-0.2, -0.15) is 0 Å². The van der Waals surface area contributed by atoms with E-state index in [4.69, 9.17) is 11.6 Å². The Kier molecular flexibility index (Phi) is 4.50. The van der Waals surface area contributed by atoms with Crippen LogP contribution in [-0.2, 0) is 0 Å². The smallest absolute Gasteiger partial charge is 0.545 e. The third kappa shape index (κ3) is 2.88. The van der Waals surface area contributed by atoms with E-state index in [1.54, 1.807) is 16.7 Å². The van der Waals surface area contributed by atoms with Crippen molar-refractivity contribution in [2.24, 2.45) is 0 Å². The summed E-state index contributed by atoms with van der Waals surface area (Å²) in [6, 6.07) is 10.3. The van der Waals surface area contributed by atoms with Crippen molar-refractivity contribution in [1.29, 1.82) is 0 Å². The van der Waals surface area contributed by atoms with E-state index in [0.717, 1.165) is 11.3 Å². The van der Waals surface area contributed by atoms with Gasteiger partial charge in [-0.15, -0.1) is 0 Å². The number of nitrogens with zero attached hydrogens (tertiary/aromatic N) is 2. The SMILES string of the molecule is O=C([O-])c1ccn2cc(-c3cccc(Cl)c3)nc2c1.[Na+]. The average Bonchev–Trinajstić information content (AvgIpc) is 2.81. The van der Waals surface area contributed by atoms with E-state index in [1.807, 2.05) is 24.4 Å². The fraction of sp³-hybridized carbons (Fsp3) is 0. The fourth-order valence-corrected chi connectivity index (χ4v) is 2.09. The molecule has 0 N–H and O–H groups in total. The van der Waals surface area contributed by atoms with Crippen molar-refractivity contribution in [3.8, 4) is 11.3 Å². The minimum Gasteiger partial charge on any atom is -0.545 e. The van der Waals surface area contributed by atoms with E-state index < -0.39 is 5.97 Å². The summed E-state index contributed by atoms with van der Waals surface area (Å²) < 4.78 is 1.75. The Labute approximate surface area is 142 Å². The largest absolute Gasteiger partial charge is 1.00 e. The Morgan fingerprint density at radius 3 is 2.75 bits per heavy atom. The number of halogens is 1. The number of hydrogen-bond acceptors (Lipinski definition) is 3. The minimum atomic E-state index is -1.21. The Bertz CT molecular complexity index is 786. The number of imidazole rings is 1. The summed E-state index contributed by atoms with van der Waals surface area (Å²) in [5.41, 5.74) is 2.27. The summed E-state index contributed by atoms with van der Waals surface area (Å²) in [6.07, 6.45) is 3.46. The van der Waals surface area contributed by atoms with Crippen molar-refractivity contribution in [2.75, 3.05) is 0 Å². The van der Waals surface area contributed by atoms with E-state index in [2.05, 4.69) is 4.98 Å². The molecule has 0 spiro atoms. The van der Waals surface area contributed by atoms with Crippen molar-refractivity contribution in [2.45, 2.75) is 0 Å². The first-order chi connectivity index (χ1) is 9.13. The second-order valence-corrected chi connectivity index (χ2v) is 4.54. The molecule has 0 aliphatic heterocycles. The molecule has 0 unspecified atom stereocenters. The standard InChI is InChI=1S/C14H9ClN2O2.Na/c15-11-3-1-2-9(6-11)12-8-17-5-4-10(14(18)19)7-13(17)16-12;/h1-8H,(H,18,19);/q;+1/p-1. The molecule has 3 rings (SSSR count). The average molecular weight is 295 g/mol. The van der Waals surface area contributed by atoms with Crippen LogP contribution >= 0.6 is 11.6 Å². The van der Waals surface area contributed by atoms with Crippen LogP contribution in [0.1, 0.15) is 10.4 Å². The Morgan fingerprint density at radius 1 is 1.25 bits per heavy atom. The van der Waals surface area contributed by atoms with Crippen LogP contribution in [0, 0.1) is 0 Å². The van der Waals surface area contributed by atoms with Crippen LogP contribution in [0.15, 0.2) is 48.8 Å². The maximum absolute atomic E-state index is 10.8. The molecule has 3 aromatic rings. The summed E-state index contributed by atoms with van der Waals surface area (Å²) in [4.78, 5) is 15.2. The molecule has 2 aromatic heterocycles. The van der Waals surface area contributed by atoms with E-state index in [0.29, 0.717) is 10.7 Å². The topological polar surface area (TPSA) is 57.4 Å². The van der Waals surface area contributed by atoms with Crippen LogP contribution < -0.4 is 34.7 Å². The molecule has 20 heavy (non-hydrogen) atoms. The quantitative estimate of drug-likeness (QED) is 0.571. The zero-order valence-corrected chi connectivity index (χ0v) is 13.5. The van der Waals surface area contributed by atoms with Gasteiger partial charge in [0.15, 0.2) is 0 Å². The molecule has 2 heterocycles. The van der Waals surface area contributed by atoms with Crippen molar-refractivity contribution in [3.05, 3.63) is 59.4 Å². The van der Waals surface area contributed by atoms with Crippen LogP contribution in [0.25, 0.3) is 16.9 Å². The van der Waals surface area contributed by atoms with Crippen molar-refractivity contribution in [3.63, 3.8) is 0 Å². The number of fused-ring (bicyclic) bond motifs is 1. The first-order valence-corrected chi connectivity index (χ1v) is 5.97. The summed E-state index contributed by atoms with van der Waals surface area (Å²) in [7, 11) is 0. The summed E-state index contributed by atoms with van der Waals surface area (Å²) in [5, 5.41) is 11.4. The number of carboxylic acids is 1. The summed E-state index contributed by atoms with van der Waals surface area (Å²) in [6.45, 7) is 0. The Balaban J connectivity index is 0.00000147. The second kappa shape index (κ2) is 5.97. The number of hydrogen-bond donors (Lipinski definition) is 0. The molecule has 0 aliphatic carbocycles. The van der Waals surface area contributed by atoms with Gasteiger partial charge >= 0.3 is 29.6 Å². The molecular weight excluding hydrogens is 287 g/mol. The number of benzene rings is 1. The van der Waals surface area contributed by atoms with Crippen LogP contribution in [0.4, 0.5) is 0 Å². The predicted octanol–water partition coefficient (Wildman–Crippen LogP) is -0.978. The number of rotatable bonds is 2. The van der Waals surface area contributed by atoms with Gasteiger partial charge in [-0.1, -0.05) is 23.7 Å². The maximum Gasteiger partial charge on any atom is 1.00 e. The number of carbonyl (C=O) groups is 1. The molecule has 0 amide bonds. The van der Waals surface area contributed by atoms with Gasteiger partial charge in [-0.3, -0.25) is 0 Å². The van der Waals surface area contributed by atoms with Crippen LogP contribution in [0.2, 0.25) is 5.02 Å². The van der Waals surface area contributed by atoms with Crippen LogP contribution in [0.5, 0.6) is 0 Å². The molecule has 4 nitrogen and oxygen atoms in total. The van der Waals surface area contributed by atoms with Gasteiger partial charge in [0.05, 0.1) is 11.7 Å². The zero-order valence-electron chi connectivity index (χ0n) is 10.7. The molecule has 0 aliphatic rings. The van der Waals surface area contributed by atoms with Crippen LogP contribution in [-0.4, -0.2) is 15.4 Å². The molecule has 94 valence electrons. The van der Waals surface area contributed by atoms with Gasteiger partial charge in [0.1, 0.15) is 5.65 Å². The second-order valence-electron chi connectivity index (χ2n) is 4.10. The zero-order chi connectivity index (χ0) is 13.4. The minimum absolute atomic E-state index is 0. The Hall–Kier alpha value is -1.33. The fourth-order valence-electron chi connectivity index (χ4n) is 1.90. The third-order valence-corrected chi connectivity index (χ3v) is 3.05. The first-order valence-electron chi connectivity index (χ1n) is 5.59. The van der Waals surface area contributed by atoms with E-state index in [1.165, 1.54) is 12.1 Å². The number of carboxylic acid groups (broad SMARTS) is 1. The Morgan fingerprint density at radius 2 is 2.05 bits per heavy atom. The first kappa shape index (κ1) is 15.1. The van der Waals surface area contributed by atoms with E-state index >= 15 is 0 Å². The monoisotopic (exact) mass is 294 g/mol. The molecular formula is C14H8ClN2NaO2. The van der Waals surface area contributed by atoms with E-state index in [9.17, 15) is 9.90 Å². The van der Waals surface area contributed by atoms with Gasteiger partial charge in [0.2, 0.25) is 0 Å². The molecule has 0 radical (unpaired) electrons. The normalized spacial score (nSPS) is 10.2.